The Balaban J connectivity index is 2.69. The summed E-state index contributed by atoms with van der Waals surface area (Å²) in [6.07, 6.45) is 9.56. The van der Waals surface area contributed by atoms with E-state index in [2.05, 4.69) is 6.92 Å². The molecule has 0 N–H and O–H groups in total. The molecule has 2 heteroatoms. The normalized spacial score (nSPS) is 10.3. The van der Waals surface area contributed by atoms with E-state index in [1.807, 2.05) is 0 Å². The van der Waals surface area contributed by atoms with E-state index in [9.17, 15) is 0 Å². The van der Waals surface area contributed by atoms with Crippen molar-refractivity contribution < 1.29 is 4.65 Å². The molecule has 0 aromatic heterocycles. The molecule has 0 bridgehead atoms. The van der Waals surface area contributed by atoms with Crippen molar-refractivity contribution in [2.24, 2.45) is 0 Å². The van der Waals surface area contributed by atoms with Crippen LogP contribution >= 0.6 is 0 Å². The minimum absolute atomic E-state index is 0.938. The lowest BCUT2D eigenvalue weighted by Crippen LogP contribution is -1.89. The van der Waals surface area contributed by atoms with Crippen LogP contribution < -0.4 is 0 Å². The molecule has 0 aliphatic carbocycles. The molecule has 1 nitrogen and oxygen atoms in total. The lowest BCUT2D eigenvalue weighted by molar-refractivity contribution is 0.332. The van der Waals surface area contributed by atoms with Crippen LogP contribution in [0.1, 0.15) is 51.9 Å². The Morgan fingerprint density at radius 1 is 0.909 bits per heavy atom. The molecule has 0 spiro atoms. The Bertz CT molecular complexity index is 58.6. The van der Waals surface area contributed by atoms with Crippen LogP contribution in [0.4, 0.5) is 0 Å². The van der Waals surface area contributed by atoms with E-state index in [1.54, 1.807) is 8.05 Å². The molecule has 0 radical (unpaired) electrons. The second-order valence-corrected chi connectivity index (χ2v) is 3.11. The van der Waals surface area contributed by atoms with Gasteiger partial charge in [-0.25, -0.2) is 0 Å². The van der Waals surface area contributed by atoms with Crippen LogP contribution in [0.3, 0.4) is 0 Å². The third-order valence-corrected chi connectivity index (χ3v) is 1.95. The quantitative estimate of drug-likeness (QED) is 0.387. The highest BCUT2D eigenvalue weighted by atomic mass is 16.4. The molecule has 0 rings (SSSR count). The predicted molar refractivity (Wildman–Crippen MR) is 52.5 cm³/mol. The Labute approximate surface area is 72.0 Å². The average molecular weight is 156 g/mol. The van der Waals surface area contributed by atoms with Crippen molar-refractivity contribution in [2.75, 3.05) is 6.61 Å². The molecule has 0 unspecified atom stereocenters. The summed E-state index contributed by atoms with van der Waals surface area (Å²) in [5.74, 6) is 0. The molecule has 0 saturated carbocycles. The molecule has 0 aliphatic heterocycles. The standard InChI is InChI=1S/C9H21BO/c1-2-3-4-5-6-7-8-9-11-10/h2-10H2,1H3. The number of unbranched alkanes of at least 4 members (excludes halogenated alkanes) is 6. The molecule has 0 atom stereocenters. The zero-order chi connectivity index (χ0) is 8.36. The first kappa shape index (κ1) is 11.0. The molecule has 0 heterocycles. The van der Waals surface area contributed by atoms with Crippen molar-refractivity contribution in [3.63, 3.8) is 0 Å². The van der Waals surface area contributed by atoms with E-state index >= 15 is 0 Å². The molecular formula is C9H21BO. The number of hydrogen-bond donors (Lipinski definition) is 0. The minimum Gasteiger partial charge on any atom is -0.444 e. The predicted octanol–water partition coefficient (Wildman–Crippen LogP) is 2.30. The Kier molecular flexibility index (Phi) is 10.0. The maximum Gasteiger partial charge on any atom is 0.257 e. The highest BCUT2D eigenvalue weighted by Crippen LogP contribution is 2.06. The highest BCUT2D eigenvalue weighted by Gasteiger charge is 1.88. The fourth-order valence-electron chi connectivity index (χ4n) is 1.20. The van der Waals surface area contributed by atoms with Crippen molar-refractivity contribution in [2.45, 2.75) is 51.9 Å². The molecule has 66 valence electrons. The Morgan fingerprint density at radius 2 is 1.45 bits per heavy atom. The summed E-state index contributed by atoms with van der Waals surface area (Å²) in [6, 6.07) is 0. The zero-order valence-electron chi connectivity index (χ0n) is 8.07. The lowest BCUT2D eigenvalue weighted by atomic mass is 10.1. The van der Waals surface area contributed by atoms with Gasteiger partial charge in [-0.2, -0.15) is 0 Å². The molecular weight excluding hydrogens is 135 g/mol. The van der Waals surface area contributed by atoms with Gasteiger partial charge in [-0.1, -0.05) is 45.4 Å². The average Bonchev–Trinajstić information content (AvgIpc) is 2.03. The van der Waals surface area contributed by atoms with Gasteiger partial charge in [0.2, 0.25) is 0 Å². The molecule has 0 amide bonds. The third kappa shape index (κ3) is 10.0. The van der Waals surface area contributed by atoms with E-state index in [4.69, 9.17) is 4.65 Å². The van der Waals surface area contributed by atoms with Gasteiger partial charge in [-0.15, -0.1) is 0 Å². The Morgan fingerprint density at radius 3 is 2.00 bits per heavy atom. The smallest absolute Gasteiger partial charge is 0.257 e. The monoisotopic (exact) mass is 156 g/mol. The first-order valence-electron chi connectivity index (χ1n) is 4.90. The van der Waals surface area contributed by atoms with Gasteiger partial charge in [0.1, 0.15) is 0 Å². The molecule has 0 saturated heterocycles. The SMILES string of the molecule is BOCCCCCCCCC. The molecule has 0 aromatic carbocycles. The maximum absolute atomic E-state index is 4.97. The van der Waals surface area contributed by atoms with Crippen LogP contribution in [0.5, 0.6) is 0 Å². The largest absolute Gasteiger partial charge is 0.444 e. The van der Waals surface area contributed by atoms with Gasteiger partial charge < -0.3 is 4.65 Å². The Hall–Kier alpha value is 0.0249. The van der Waals surface area contributed by atoms with E-state index in [0.29, 0.717) is 0 Å². The van der Waals surface area contributed by atoms with Crippen molar-refractivity contribution >= 4 is 8.05 Å². The van der Waals surface area contributed by atoms with Crippen molar-refractivity contribution in [3.8, 4) is 0 Å². The summed E-state index contributed by atoms with van der Waals surface area (Å²) in [5, 5.41) is 0. The summed E-state index contributed by atoms with van der Waals surface area (Å²) in [6.45, 7) is 3.19. The van der Waals surface area contributed by atoms with Gasteiger partial charge in [0.15, 0.2) is 0 Å². The summed E-state index contributed by atoms with van der Waals surface area (Å²) in [7, 11) is 1.77. The molecule has 0 fully saturated rings. The van der Waals surface area contributed by atoms with Gasteiger partial charge >= 0.3 is 0 Å². The van der Waals surface area contributed by atoms with Crippen LogP contribution in [-0.4, -0.2) is 14.7 Å². The van der Waals surface area contributed by atoms with E-state index in [-0.39, 0.29) is 0 Å². The second kappa shape index (κ2) is 10.0. The summed E-state index contributed by atoms with van der Waals surface area (Å²) >= 11 is 0. The molecule has 0 aromatic rings. The summed E-state index contributed by atoms with van der Waals surface area (Å²) < 4.78 is 4.97. The van der Waals surface area contributed by atoms with Gasteiger partial charge in [0.05, 0.1) is 0 Å². The van der Waals surface area contributed by atoms with Crippen molar-refractivity contribution in [1.82, 2.24) is 0 Å². The van der Waals surface area contributed by atoms with Gasteiger partial charge in [0.25, 0.3) is 8.05 Å². The summed E-state index contributed by atoms with van der Waals surface area (Å²) in [5.41, 5.74) is 0. The highest BCUT2D eigenvalue weighted by molar-refractivity contribution is 5.97. The van der Waals surface area contributed by atoms with Gasteiger partial charge in [-0.05, 0) is 6.42 Å². The number of rotatable bonds is 8. The summed E-state index contributed by atoms with van der Waals surface area (Å²) in [4.78, 5) is 0. The maximum atomic E-state index is 4.97. The lowest BCUT2D eigenvalue weighted by Gasteiger charge is -1.99. The van der Waals surface area contributed by atoms with Crippen molar-refractivity contribution in [3.05, 3.63) is 0 Å². The van der Waals surface area contributed by atoms with Crippen LogP contribution in [0.15, 0.2) is 0 Å². The first-order chi connectivity index (χ1) is 5.41. The molecule has 0 aliphatic rings. The van der Waals surface area contributed by atoms with Gasteiger partial charge in [-0.3, -0.25) is 0 Å². The van der Waals surface area contributed by atoms with Crippen LogP contribution in [0, 0.1) is 0 Å². The fourth-order valence-corrected chi connectivity index (χ4v) is 1.20. The minimum atomic E-state index is 0.938. The van der Waals surface area contributed by atoms with Crippen LogP contribution in [0.2, 0.25) is 0 Å². The van der Waals surface area contributed by atoms with E-state index in [0.717, 1.165) is 6.61 Å². The van der Waals surface area contributed by atoms with E-state index < -0.39 is 0 Å². The van der Waals surface area contributed by atoms with Crippen LogP contribution in [0.25, 0.3) is 0 Å². The number of hydrogen-bond acceptors (Lipinski definition) is 1. The first-order valence-corrected chi connectivity index (χ1v) is 4.90. The second-order valence-electron chi connectivity index (χ2n) is 3.11. The topological polar surface area (TPSA) is 9.23 Å². The van der Waals surface area contributed by atoms with Crippen LogP contribution in [-0.2, 0) is 4.65 Å². The zero-order valence-corrected chi connectivity index (χ0v) is 8.07. The van der Waals surface area contributed by atoms with Gasteiger partial charge in [0, 0.05) is 6.61 Å². The molecule has 11 heavy (non-hydrogen) atoms. The third-order valence-electron chi connectivity index (χ3n) is 1.95. The van der Waals surface area contributed by atoms with E-state index in [1.165, 1.54) is 44.9 Å². The van der Waals surface area contributed by atoms with Crippen molar-refractivity contribution in [1.29, 1.82) is 0 Å². The fraction of sp³-hybridized carbons (Fsp3) is 1.00.